The molecule has 2 heterocycles. The fourth-order valence-corrected chi connectivity index (χ4v) is 3.92. The van der Waals surface area contributed by atoms with Gasteiger partial charge in [0.15, 0.2) is 0 Å². The van der Waals surface area contributed by atoms with Crippen LogP contribution in [0, 0.1) is 0 Å². The van der Waals surface area contributed by atoms with E-state index in [4.69, 9.17) is 20.8 Å². The van der Waals surface area contributed by atoms with Crippen molar-refractivity contribution >= 4 is 17.5 Å². The molecule has 0 spiro atoms. The van der Waals surface area contributed by atoms with Gasteiger partial charge in [0.1, 0.15) is 17.6 Å². The van der Waals surface area contributed by atoms with Crippen LogP contribution in [0.3, 0.4) is 0 Å². The number of rotatable bonds is 6. The minimum absolute atomic E-state index is 0.0643. The van der Waals surface area contributed by atoms with E-state index in [1.807, 2.05) is 53.4 Å². The van der Waals surface area contributed by atoms with Crippen molar-refractivity contribution in [3.8, 4) is 5.75 Å². The minimum Gasteiger partial charge on any atom is -0.496 e. The lowest BCUT2D eigenvalue weighted by molar-refractivity contribution is -0.131. The van der Waals surface area contributed by atoms with Crippen LogP contribution in [-0.4, -0.2) is 29.4 Å². The van der Waals surface area contributed by atoms with Crippen molar-refractivity contribution in [2.24, 2.45) is 0 Å². The summed E-state index contributed by atoms with van der Waals surface area (Å²) in [5.41, 5.74) is 1.99. The molecule has 5 nitrogen and oxygen atoms in total. The summed E-state index contributed by atoms with van der Waals surface area (Å²) in [6.45, 7) is 0.716. The highest BCUT2D eigenvalue weighted by atomic mass is 35.5. The molecule has 1 aliphatic rings. The number of halogens is 1. The van der Waals surface area contributed by atoms with Gasteiger partial charge in [-0.2, -0.15) is 0 Å². The van der Waals surface area contributed by atoms with Crippen LogP contribution in [0.4, 0.5) is 0 Å². The number of ether oxygens (including phenoxy) is 1. The number of carbonyl (C=O) groups excluding carboxylic acids is 1. The van der Waals surface area contributed by atoms with E-state index in [1.165, 1.54) is 0 Å². The standard InChI is InChI=1S/C23H23ClN2O3/c1-28-21-7-3-2-5-17(21)14-22(27)26-12-4-6-20(26)23-25-15-19(29-23)13-16-8-10-18(24)11-9-16/h2-3,5,7-11,15,20H,4,6,12-14H2,1H3. The molecule has 0 saturated carbocycles. The lowest BCUT2D eigenvalue weighted by Crippen LogP contribution is -2.32. The summed E-state index contributed by atoms with van der Waals surface area (Å²) >= 11 is 5.95. The fraction of sp³-hybridized carbons (Fsp3) is 0.304. The first-order valence-electron chi connectivity index (χ1n) is 9.74. The molecule has 150 valence electrons. The van der Waals surface area contributed by atoms with Gasteiger partial charge in [-0.1, -0.05) is 41.9 Å². The third-order valence-corrected chi connectivity index (χ3v) is 5.51. The molecule has 0 bridgehead atoms. The number of para-hydroxylation sites is 1. The molecular formula is C23H23ClN2O3. The summed E-state index contributed by atoms with van der Waals surface area (Å²) in [7, 11) is 1.62. The average molecular weight is 411 g/mol. The van der Waals surface area contributed by atoms with Crippen molar-refractivity contribution in [1.29, 1.82) is 0 Å². The van der Waals surface area contributed by atoms with E-state index >= 15 is 0 Å². The predicted molar refractivity (Wildman–Crippen MR) is 111 cm³/mol. The Morgan fingerprint density at radius 3 is 2.83 bits per heavy atom. The van der Waals surface area contributed by atoms with Crippen LogP contribution in [0.25, 0.3) is 0 Å². The molecule has 1 amide bonds. The summed E-state index contributed by atoms with van der Waals surface area (Å²) in [5.74, 6) is 2.19. The van der Waals surface area contributed by atoms with Crippen molar-refractivity contribution in [2.45, 2.75) is 31.7 Å². The molecule has 0 aliphatic carbocycles. The van der Waals surface area contributed by atoms with Crippen molar-refractivity contribution < 1.29 is 13.9 Å². The van der Waals surface area contributed by atoms with E-state index in [0.29, 0.717) is 30.3 Å². The number of methoxy groups -OCH3 is 1. The quantitative estimate of drug-likeness (QED) is 0.583. The van der Waals surface area contributed by atoms with E-state index in [-0.39, 0.29) is 11.9 Å². The number of carbonyl (C=O) groups is 1. The Morgan fingerprint density at radius 1 is 1.24 bits per heavy atom. The number of hydrogen-bond acceptors (Lipinski definition) is 4. The van der Waals surface area contributed by atoms with Gasteiger partial charge in [-0.25, -0.2) is 4.98 Å². The number of oxazole rings is 1. The van der Waals surface area contributed by atoms with Gasteiger partial charge in [0.25, 0.3) is 0 Å². The molecule has 29 heavy (non-hydrogen) atoms. The Kier molecular flexibility index (Phi) is 5.86. The zero-order chi connectivity index (χ0) is 20.2. The van der Waals surface area contributed by atoms with Crippen LogP contribution in [0.2, 0.25) is 5.02 Å². The van der Waals surface area contributed by atoms with E-state index in [1.54, 1.807) is 13.3 Å². The maximum Gasteiger partial charge on any atom is 0.227 e. The van der Waals surface area contributed by atoms with Crippen molar-refractivity contribution in [3.05, 3.63) is 82.5 Å². The normalized spacial score (nSPS) is 16.2. The Labute approximate surface area is 175 Å². The molecular weight excluding hydrogens is 388 g/mol. The van der Waals surface area contributed by atoms with Crippen LogP contribution in [0.1, 0.15) is 41.7 Å². The summed E-state index contributed by atoms with van der Waals surface area (Å²) in [5, 5.41) is 0.710. The molecule has 6 heteroatoms. The van der Waals surface area contributed by atoms with Crippen molar-refractivity contribution in [1.82, 2.24) is 9.88 Å². The van der Waals surface area contributed by atoms with Crippen LogP contribution in [-0.2, 0) is 17.6 Å². The largest absolute Gasteiger partial charge is 0.496 e. The maximum atomic E-state index is 13.0. The highest BCUT2D eigenvalue weighted by Gasteiger charge is 2.33. The molecule has 1 aromatic heterocycles. The van der Waals surface area contributed by atoms with E-state index in [9.17, 15) is 4.79 Å². The van der Waals surface area contributed by atoms with Gasteiger partial charge in [0.05, 0.1) is 19.7 Å². The van der Waals surface area contributed by atoms with Crippen LogP contribution in [0.5, 0.6) is 5.75 Å². The lowest BCUT2D eigenvalue weighted by atomic mass is 10.1. The SMILES string of the molecule is COc1ccccc1CC(=O)N1CCCC1c1ncc(Cc2ccc(Cl)cc2)o1. The maximum absolute atomic E-state index is 13.0. The highest BCUT2D eigenvalue weighted by Crippen LogP contribution is 2.33. The van der Waals surface area contributed by atoms with E-state index in [2.05, 4.69) is 4.98 Å². The first kappa shape index (κ1) is 19.5. The Hall–Kier alpha value is -2.79. The molecule has 0 radical (unpaired) electrons. The van der Waals surface area contributed by atoms with Gasteiger partial charge in [-0.05, 0) is 36.6 Å². The zero-order valence-corrected chi connectivity index (χ0v) is 17.1. The molecule has 0 N–H and O–H groups in total. The first-order chi connectivity index (χ1) is 14.1. The molecule has 1 aliphatic heterocycles. The molecule has 3 aromatic rings. The second-order valence-corrected chi connectivity index (χ2v) is 7.64. The zero-order valence-electron chi connectivity index (χ0n) is 16.3. The van der Waals surface area contributed by atoms with Gasteiger partial charge in [0, 0.05) is 23.6 Å². The molecule has 1 atom stereocenters. The van der Waals surface area contributed by atoms with Gasteiger partial charge in [-0.15, -0.1) is 0 Å². The van der Waals surface area contributed by atoms with Gasteiger partial charge < -0.3 is 14.1 Å². The van der Waals surface area contributed by atoms with E-state index in [0.717, 1.165) is 35.5 Å². The topological polar surface area (TPSA) is 55.6 Å². The first-order valence-corrected chi connectivity index (χ1v) is 10.1. The van der Waals surface area contributed by atoms with Crippen LogP contribution >= 0.6 is 11.6 Å². The minimum atomic E-state index is -0.115. The average Bonchev–Trinajstić information content (AvgIpc) is 3.39. The van der Waals surface area contributed by atoms with Gasteiger partial charge in [-0.3, -0.25) is 4.79 Å². The van der Waals surface area contributed by atoms with E-state index < -0.39 is 0 Å². The predicted octanol–water partition coefficient (Wildman–Crippen LogP) is 4.83. The van der Waals surface area contributed by atoms with Crippen molar-refractivity contribution in [3.63, 3.8) is 0 Å². The molecule has 4 rings (SSSR count). The summed E-state index contributed by atoms with van der Waals surface area (Å²) in [6, 6.07) is 15.2. The number of nitrogens with zero attached hydrogens (tertiary/aromatic N) is 2. The summed E-state index contributed by atoms with van der Waals surface area (Å²) < 4.78 is 11.4. The third kappa shape index (κ3) is 4.46. The molecule has 2 aromatic carbocycles. The van der Waals surface area contributed by atoms with Gasteiger partial charge in [0.2, 0.25) is 11.8 Å². The van der Waals surface area contributed by atoms with Gasteiger partial charge >= 0.3 is 0 Å². The Balaban J connectivity index is 1.46. The number of likely N-dealkylation sites (tertiary alicyclic amines) is 1. The fourth-order valence-electron chi connectivity index (χ4n) is 3.80. The lowest BCUT2D eigenvalue weighted by Gasteiger charge is -2.22. The third-order valence-electron chi connectivity index (χ3n) is 5.26. The Morgan fingerprint density at radius 2 is 2.03 bits per heavy atom. The molecule has 1 fully saturated rings. The number of hydrogen-bond donors (Lipinski definition) is 0. The number of benzene rings is 2. The second-order valence-electron chi connectivity index (χ2n) is 7.20. The molecule has 1 unspecified atom stereocenters. The smallest absolute Gasteiger partial charge is 0.227 e. The summed E-state index contributed by atoms with van der Waals surface area (Å²) in [6.07, 6.45) is 4.51. The van der Waals surface area contributed by atoms with Crippen LogP contribution in [0.15, 0.2) is 59.1 Å². The van der Waals surface area contributed by atoms with Crippen LogP contribution < -0.4 is 4.74 Å². The number of amides is 1. The van der Waals surface area contributed by atoms with Crippen molar-refractivity contribution in [2.75, 3.05) is 13.7 Å². The molecule has 1 saturated heterocycles. The number of aromatic nitrogens is 1. The highest BCUT2D eigenvalue weighted by molar-refractivity contribution is 6.30. The monoisotopic (exact) mass is 410 g/mol. The second kappa shape index (κ2) is 8.70. The Bertz CT molecular complexity index is 984. The summed E-state index contributed by atoms with van der Waals surface area (Å²) in [4.78, 5) is 19.3.